The standard InChI is InChI=1S/C17H18ClF2N/c1-2-21-14(11-13-5-3-4-6-15(13)18)9-12-7-8-16(19)17(20)10-12/h3-8,10,14,21H,2,9,11H2,1H3. The fraction of sp³-hybridized carbons (Fsp3) is 0.294. The van der Waals surface area contributed by atoms with Crippen molar-refractivity contribution in [3.05, 3.63) is 70.2 Å². The first-order valence-electron chi connectivity index (χ1n) is 7.01. The van der Waals surface area contributed by atoms with Gasteiger partial charge >= 0.3 is 0 Å². The highest BCUT2D eigenvalue weighted by atomic mass is 35.5. The molecule has 0 amide bonds. The molecule has 0 radical (unpaired) electrons. The van der Waals surface area contributed by atoms with E-state index in [9.17, 15) is 8.78 Å². The van der Waals surface area contributed by atoms with Gasteiger partial charge in [0.25, 0.3) is 0 Å². The molecule has 0 saturated carbocycles. The lowest BCUT2D eigenvalue weighted by molar-refractivity contribution is 0.498. The predicted molar refractivity (Wildman–Crippen MR) is 82.7 cm³/mol. The van der Waals surface area contributed by atoms with E-state index < -0.39 is 11.6 Å². The molecule has 0 aromatic heterocycles. The van der Waals surface area contributed by atoms with Crippen molar-refractivity contribution in [1.82, 2.24) is 5.32 Å². The van der Waals surface area contributed by atoms with Crippen LogP contribution in [0.1, 0.15) is 18.1 Å². The molecule has 0 heterocycles. The van der Waals surface area contributed by atoms with E-state index in [0.29, 0.717) is 6.42 Å². The van der Waals surface area contributed by atoms with Gasteiger partial charge in [0, 0.05) is 11.1 Å². The van der Waals surface area contributed by atoms with Gasteiger partial charge in [-0.05, 0) is 48.7 Å². The molecule has 2 rings (SSSR count). The second kappa shape index (κ2) is 7.53. The molecule has 2 aromatic carbocycles. The van der Waals surface area contributed by atoms with Crippen LogP contribution < -0.4 is 5.32 Å². The third-order valence-corrected chi connectivity index (χ3v) is 3.75. The number of hydrogen-bond donors (Lipinski definition) is 1. The quantitative estimate of drug-likeness (QED) is 0.835. The Morgan fingerprint density at radius 2 is 1.81 bits per heavy atom. The van der Waals surface area contributed by atoms with Crippen molar-refractivity contribution in [1.29, 1.82) is 0 Å². The summed E-state index contributed by atoms with van der Waals surface area (Å²) >= 11 is 6.18. The van der Waals surface area contributed by atoms with Gasteiger partial charge in [-0.2, -0.15) is 0 Å². The van der Waals surface area contributed by atoms with Crippen molar-refractivity contribution < 1.29 is 8.78 Å². The van der Waals surface area contributed by atoms with Crippen molar-refractivity contribution >= 4 is 11.6 Å². The molecule has 21 heavy (non-hydrogen) atoms. The molecule has 2 aromatic rings. The highest BCUT2D eigenvalue weighted by Crippen LogP contribution is 2.18. The summed E-state index contributed by atoms with van der Waals surface area (Å²) in [6, 6.07) is 11.9. The van der Waals surface area contributed by atoms with Crippen LogP contribution in [-0.4, -0.2) is 12.6 Å². The number of nitrogens with one attached hydrogen (secondary N) is 1. The Hall–Kier alpha value is -1.45. The predicted octanol–water partition coefficient (Wildman–Crippen LogP) is 4.38. The Bertz CT molecular complexity index is 601. The summed E-state index contributed by atoms with van der Waals surface area (Å²) in [6.45, 7) is 2.82. The van der Waals surface area contributed by atoms with Gasteiger partial charge in [0.05, 0.1) is 0 Å². The summed E-state index contributed by atoms with van der Waals surface area (Å²) in [4.78, 5) is 0. The third-order valence-electron chi connectivity index (χ3n) is 3.38. The van der Waals surface area contributed by atoms with Gasteiger partial charge in [-0.25, -0.2) is 8.78 Å². The topological polar surface area (TPSA) is 12.0 Å². The number of benzene rings is 2. The van der Waals surface area contributed by atoms with Gasteiger partial charge in [-0.3, -0.25) is 0 Å². The summed E-state index contributed by atoms with van der Waals surface area (Å²) < 4.78 is 26.3. The minimum absolute atomic E-state index is 0.125. The first-order valence-corrected chi connectivity index (χ1v) is 7.38. The largest absolute Gasteiger partial charge is 0.314 e. The lowest BCUT2D eigenvalue weighted by Crippen LogP contribution is -2.33. The average molecular weight is 310 g/mol. The maximum absolute atomic E-state index is 13.3. The molecular weight excluding hydrogens is 292 g/mol. The zero-order valence-corrected chi connectivity index (χ0v) is 12.6. The number of halogens is 3. The molecule has 1 atom stereocenters. The maximum Gasteiger partial charge on any atom is 0.159 e. The molecule has 0 saturated heterocycles. The lowest BCUT2D eigenvalue weighted by Gasteiger charge is -2.19. The van der Waals surface area contributed by atoms with Crippen molar-refractivity contribution in [2.24, 2.45) is 0 Å². The molecule has 0 aliphatic heterocycles. The average Bonchev–Trinajstić information content (AvgIpc) is 2.46. The summed E-state index contributed by atoms with van der Waals surface area (Å²) in [5, 5.41) is 4.09. The molecule has 0 bridgehead atoms. The highest BCUT2D eigenvalue weighted by molar-refractivity contribution is 6.31. The third kappa shape index (κ3) is 4.51. The van der Waals surface area contributed by atoms with Crippen LogP contribution in [0.15, 0.2) is 42.5 Å². The molecule has 4 heteroatoms. The van der Waals surface area contributed by atoms with Crippen LogP contribution in [0.5, 0.6) is 0 Å². The van der Waals surface area contributed by atoms with E-state index in [1.54, 1.807) is 6.07 Å². The molecular formula is C17H18ClF2N. The summed E-state index contributed by atoms with van der Waals surface area (Å²) in [5.41, 5.74) is 1.82. The van der Waals surface area contributed by atoms with E-state index in [4.69, 9.17) is 11.6 Å². The zero-order valence-electron chi connectivity index (χ0n) is 11.9. The summed E-state index contributed by atoms with van der Waals surface area (Å²) in [7, 11) is 0. The van der Waals surface area contributed by atoms with Gasteiger partial charge in [-0.15, -0.1) is 0 Å². The highest BCUT2D eigenvalue weighted by Gasteiger charge is 2.13. The van der Waals surface area contributed by atoms with Crippen LogP contribution in [-0.2, 0) is 12.8 Å². The second-order valence-corrected chi connectivity index (χ2v) is 5.41. The fourth-order valence-electron chi connectivity index (χ4n) is 2.39. The van der Waals surface area contributed by atoms with E-state index in [1.165, 1.54) is 12.1 Å². The van der Waals surface area contributed by atoms with Crippen LogP contribution in [0.25, 0.3) is 0 Å². The number of rotatable bonds is 6. The second-order valence-electron chi connectivity index (χ2n) is 5.00. The first-order chi connectivity index (χ1) is 10.1. The van der Waals surface area contributed by atoms with Crippen LogP contribution in [0, 0.1) is 11.6 Å². The Labute approximate surface area is 128 Å². The molecule has 0 aliphatic carbocycles. The van der Waals surface area contributed by atoms with Crippen LogP contribution in [0.2, 0.25) is 5.02 Å². The Morgan fingerprint density at radius 3 is 2.48 bits per heavy atom. The smallest absolute Gasteiger partial charge is 0.159 e. The summed E-state index contributed by atoms with van der Waals surface area (Å²) in [6.07, 6.45) is 1.36. The van der Waals surface area contributed by atoms with Crippen molar-refractivity contribution in [3.8, 4) is 0 Å². The monoisotopic (exact) mass is 309 g/mol. The van der Waals surface area contributed by atoms with E-state index in [0.717, 1.165) is 29.1 Å². The Kier molecular flexibility index (Phi) is 5.71. The Morgan fingerprint density at radius 1 is 1.05 bits per heavy atom. The molecule has 1 nitrogen and oxygen atoms in total. The molecule has 112 valence electrons. The zero-order chi connectivity index (χ0) is 15.2. The van der Waals surface area contributed by atoms with Crippen molar-refractivity contribution in [3.63, 3.8) is 0 Å². The Balaban J connectivity index is 2.11. The molecule has 0 spiro atoms. The van der Waals surface area contributed by atoms with E-state index >= 15 is 0 Å². The van der Waals surface area contributed by atoms with Gasteiger partial charge in [0.2, 0.25) is 0 Å². The van der Waals surface area contributed by atoms with E-state index in [1.807, 2.05) is 31.2 Å². The molecule has 1 N–H and O–H groups in total. The van der Waals surface area contributed by atoms with Gasteiger partial charge < -0.3 is 5.32 Å². The van der Waals surface area contributed by atoms with Gasteiger partial charge in [0.1, 0.15) is 0 Å². The van der Waals surface area contributed by atoms with Crippen LogP contribution in [0.3, 0.4) is 0 Å². The van der Waals surface area contributed by atoms with Gasteiger partial charge in [-0.1, -0.05) is 42.8 Å². The summed E-state index contributed by atoms with van der Waals surface area (Å²) in [5.74, 6) is -1.62. The molecule has 1 unspecified atom stereocenters. The first kappa shape index (κ1) is 15.9. The number of hydrogen-bond acceptors (Lipinski definition) is 1. The van der Waals surface area contributed by atoms with E-state index in [2.05, 4.69) is 5.32 Å². The minimum atomic E-state index is -0.815. The maximum atomic E-state index is 13.3. The van der Waals surface area contributed by atoms with Crippen LogP contribution in [0.4, 0.5) is 8.78 Å². The molecule has 0 fully saturated rings. The SMILES string of the molecule is CCNC(Cc1ccc(F)c(F)c1)Cc1ccccc1Cl. The van der Waals surface area contributed by atoms with E-state index in [-0.39, 0.29) is 6.04 Å². The lowest BCUT2D eigenvalue weighted by atomic mass is 9.98. The number of likely N-dealkylation sites (N-methyl/N-ethyl adjacent to an activating group) is 1. The normalized spacial score (nSPS) is 12.4. The van der Waals surface area contributed by atoms with Crippen molar-refractivity contribution in [2.75, 3.05) is 6.54 Å². The molecule has 0 aliphatic rings. The fourth-order valence-corrected chi connectivity index (χ4v) is 2.60. The van der Waals surface area contributed by atoms with Gasteiger partial charge in [0.15, 0.2) is 11.6 Å². The minimum Gasteiger partial charge on any atom is -0.314 e. The van der Waals surface area contributed by atoms with Crippen LogP contribution >= 0.6 is 11.6 Å². The van der Waals surface area contributed by atoms with Crippen molar-refractivity contribution in [2.45, 2.75) is 25.8 Å².